The molecule has 1 heterocycles. The molecule has 0 aliphatic carbocycles. The topological polar surface area (TPSA) is 76.8 Å². The van der Waals surface area contributed by atoms with Crippen molar-refractivity contribution in [2.75, 3.05) is 10.8 Å². The number of carbonyl (C=O) groups is 1. The molecule has 7 heteroatoms. The minimum absolute atomic E-state index is 0.0209. The second-order valence-corrected chi connectivity index (χ2v) is 7.97. The fourth-order valence-electron chi connectivity index (χ4n) is 2.82. The van der Waals surface area contributed by atoms with E-state index in [4.69, 9.17) is 9.15 Å². The molecule has 0 atom stereocenters. The molecule has 0 aliphatic rings. The number of hydrogen-bond acceptors (Lipinski definition) is 5. The Kier molecular flexibility index (Phi) is 5.84. The van der Waals surface area contributed by atoms with Crippen molar-refractivity contribution >= 4 is 21.7 Å². The van der Waals surface area contributed by atoms with Crippen LogP contribution >= 0.6 is 0 Å². The van der Waals surface area contributed by atoms with Gasteiger partial charge in [-0.1, -0.05) is 24.3 Å². The van der Waals surface area contributed by atoms with Gasteiger partial charge in [0.2, 0.25) is 0 Å². The van der Waals surface area contributed by atoms with Gasteiger partial charge in [-0.05, 0) is 55.8 Å². The second kappa shape index (κ2) is 8.31. The van der Waals surface area contributed by atoms with Crippen molar-refractivity contribution in [3.05, 3.63) is 83.8 Å². The van der Waals surface area contributed by atoms with Crippen molar-refractivity contribution < 1.29 is 22.4 Å². The Balaban J connectivity index is 1.90. The van der Waals surface area contributed by atoms with Crippen molar-refractivity contribution in [2.24, 2.45) is 0 Å². The van der Waals surface area contributed by atoms with Gasteiger partial charge >= 0.3 is 5.97 Å². The zero-order valence-electron chi connectivity index (χ0n) is 15.7. The van der Waals surface area contributed by atoms with Crippen LogP contribution < -0.4 is 4.31 Å². The molecule has 0 saturated heterocycles. The van der Waals surface area contributed by atoms with E-state index in [1.807, 2.05) is 6.07 Å². The van der Waals surface area contributed by atoms with Crippen molar-refractivity contribution in [1.82, 2.24) is 0 Å². The summed E-state index contributed by atoms with van der Waals surface area (Å²) in [6.45, 7) is 3.71. The SMILES string of the molecule is CCN(c1ccccc1)S(=O)(=O)c1cc(C(=O)OCc2ccco2)ccc1C. The van der Waals surface area contributed by atoms with E-state index < -0.39 is 16.0 Å². The summed E-state index contributed by atoms with van der Waals surface area (Å²) in [4.78, 5) is 12.4. The van der Waals surface area contributed by atoms with Crippen LogP contribution in [0.2, 0.25) is 0 Å². The molecule has 0 amide bonds. The van der Waals surface area contributed by atoms with Crippen LogP contribution in [0.1, 0.15) is 28.6 Å². The summed E-state index contributed by atoms with van der Waals surface area (Å²) in [5.41, 5.74) is 1.28. The van der Waals surface area contributed by atoms with Gasteiger partial charge in [-0.3, -0.25) is 4.31 Å². The van der Waals surface area contributed by atoms with E-state index in [2.05, 4.69) is 0 Å². The normalized spacial score (nSPS) is 11.2. The number of esters is 1. The van der Waals surface area contributed by atoms with Crippen LogP contribution in [0.25, 0.3) is 0 Å². The van der Waals surface area contributed by atoms with Gasteiger partial charge in [0.05, 0.1) is 22.4 Å². The lowest BCUT2D eigenvalue weighted by molar-refractivity contribution is 0.0445. The van der Waals surface area contributed by atoms with Crippen molar-refractivity contribution in [3.8, 4) is 0 Å². The van der Waals surface area contributed by atoms with Gasteiger partial charge in [-0.15, -0.1) is 0 Å². The number of aryl methyl sites for hydroxylation is 1. The Morgan fingerprint density at radius 2 is 1.82 bits per heavy atom. The molecule has 1 aromatic heterocycles. The Bertz CT molecular complexity index is 1040. The molecular formula is C21H21NO5S. The molecule has 146 valence electrons. The van der Waals surface area contributed by atoms with E-state index in [0.29, 0.717) is 17.0 Å². The highest BCUT2D eigenvalue weighted by molar-refractivity contribution is 7.92. The molecule has 0 bridgehead atoms. The van der Waals surface area contributed by atoms with E-state index >= 15 is 0 Å². The zero-order chi connectivity index (χ0) is 20.1. The molecule has 28 heavy (non-hydrogen) atoms. The van der Waals surface area contributed by atoms with Crippen molar-refractivity contribution in [3.63, 3.8) is 0 Å². The molecule has 0 N–H and O–H groups in total. The van der Waals surface area contributed by atoms with Crippen LogP contribution in [0.3, 0.4) is 0 Å². The van der Waals surface area contributed by atoms with Gasteiger partial charge < -0.3 is 9.15 Å². The number of benzene rings is 2. The Labute approximate surface area is 164 Å². The number of carbonyl (C=O) groups excluding carboxylic acids is 1. The summed E-state index contributed by atoms with van der Waals surface area (Å²) in [5, 5.41) is 0. The maximum Gasteiger partial charge on any atom is 0.338 e. The lowest BCUT2D eigenvalue weighted by atomic mass is 10.1. The van der Waals surface area contributed by atoms with Crippen LogP contribution in [0.5, 0.6) is 0 Å². The van der Waals surface area contributed by atoms with E-state index in [0.717, 1.165) is 0 Å². The maximum atomic E-state index is 13.3. The highest BCUT2D eigenvalue weighted by Crippen LogP contribution is 2.26. The van der Waals surface area contributed by atoms with Crippen LogP contribution in [0.15, 0.2) is 76.2 Å². The molecule has 3 rings (SSSR count). The fourth-order valence-corrected chi connectivity index (χ4v) is 4.55. The van der Waals surface area contributed by atoms with E-state index in [1.165, 1.54) is 16.6 Å². The molecule has 6 nitrogen and oxygen atoms in total. The first-order chi connectivity index (χ1) is 13.4. The molecule has 2 aromatic carbocycles. The molecule has 0 unspecified atom stereocenters. The van der Waals surface area contributed by atoms with E-state index in [9.17, 15) is 13.2 Å². The molecule has 0 saturated carbocycles. The monoisotopic (exact) mass is 399 g/mol. The Morgan fingerprint density at radius 1 is 1.07 bits per heavy atom. The largest absolute Gasteiger partial charge is 0.466 e. The summed E-state index contributed by atoms with van der Waals surface area (Å²) in [7, 11) is -3.84. The predicted molar refractivity (Wildman–Crippen MR) is 106 cm³/mol. The van der Waals surface area contributed by atoms with Gasteiger partial charge in [0.1, 0.15) is 12.4 Å². The third-order valence-corrected chi connectivity index (χ3v) is 6.29. The van der Waals surface area contributed by atoms with Gasteiger partial charge in [0, 0.05) is 6.54 Å². The standard InChI is InChI=1S/C21H21NO5S/c1-3-22(18-8-5-4-6-9-18)28(24,25)20-14-17(12-11-16(20)2)21(23)27-15-19-10-7-13-26-19/h4-14H,3,15H2,1-2H3. The van der Waals surface area contributed by atoms with Crippen LogP contribution in [-0.4, -0.2) is 20.9 Å². The van der Waals surface area contributed by atoms with Gasteiger partial charge in [0.25, 0.3) is 10.0 Å². The summed E-state index contributed by atoms with van der Waals surface area (Å²) >= 11 is 0. The van der Waals surface area contributed by atoms with Crippen LogP contribution in [0.4, 0.5) is 5.69 Å². The number of rotatable bonds is 7. The molecule has 3 aromatic rings. The smallest absolute Gasteiger partial charge is 0.338 e. The van der Waals surface area contributed by atoms with Crippen molar-refractivity contribution in [1.29, 1.82) is 0 Å². The molecular weight excluding hydrogens is 378 g/mol. The minimum Gasteiger partial charge on any atom is -0.466 e. The van der Waals surface area contributed by atoms with Crippen LogP contribution in [0, 0.1) is 6.92 Å². The highest BCUT2D eigenvalue weighted by atomic mass is 32.2. The highest BCUT2D eigenvalue weighted by Gasteiger charge is 2.26. The molecule has 0 radical (unpaired) electrons. The summed E-state index contributed by atoms with van der Waals surface area (Å²) in [6, 6.07) is 16.8. The third kappa shape index (κ3) is 4.09. The average molecular weight is 399 g/mol. The first kappa shape index (κ1) is 19.7. The Hall–Kier alpha value is -3.06. The molecule has 0 spiro atoms. The summed E-state index contributed by atoms with van der Waals surface area (Å²) in [6.07, 6.45) is 1.49. The number of furan rings is 1. The summed E-state index contributed by atoms with van der Waals surface area (Å²) in [5.74, 6) is -0.106. The lowest BCUT2D eigenvalue weighted by Crippen LogP contribution is -2.31. The summed E-state index contributed by atoms with van der Waals surface area (Å²) < 4.78 is 38.2. The predicted octanol–water partition coefficient (Wildman–Crippen LogP) is 4.16. The zero-order valence-corrected chi connectivity index (χ0v) is 16.5. The van der Waals surface area contributed by atoms with E-state index in [-0.39, 0.29) is 23.6 Å². The van der Waals surface area contributed by atoms with E-state index in [1.54, 1.807) is 62.4 Å². The van der Waals surface area contributed by atoms with Gasteiger partial charge in [-0.2, -0.15) is 0 Å². The van der Waals surface area contributed by atoms with Crippen molar-refractivity contribution in [2.45, 2.75) is 25.3 Å². The molecule has 0 aliphatic heterocycles. The Morgan fingerprint density at radius 3 is 2.46 bits per heavy atom. The lowest BCUT2D eigenvalue weighted by Gasteiger charge is -2.24. The number of sulfonamides is 1. The quantitative estimate of drug-likeness (QED) is 0.558. The second-order valence-electron chi connectivity index (χ2n) is 6.14. The van der Waals surface area contributed by atoms with Gasteiger partial charge in [0.15, 0.2) is 0 Å². The maximum absolute atomic E-state index is 13.3. The minimum atomic E-state index is -3.84. The van der Waals surface area contributed by atoms with Crippen LogP contribution in [-0.2, 0) is 21.4 Å². The average Bonchev–Trinajstić information content (AvgIpc) is 3.21. The number of nitrogens with zero attached hydrogens (tertiary/aromatic N) is 1. The van der Waals surface area contributed by atoms with Gasteiger partial charge in [-0.25, -0.2) is 13.2 Å². The fraction of sp³-hybridized carbons (Fsp3) is 0.190. The number of anilines is 1. The number of hydrogen-bond donors (Lipinski definition) is 0. The third-order valence-electron chi connectivity index (χ3n) is 4.25. The number of para-hydroxylation sites is 1. The number of ether oxygens (including phenoxy) is 1. The first-order valence-electron chi connectivity index (χ1n) is 8.81. The molecule has 0 fully saturated rings. The first-order valence-corrected chi connectivity index (χ1v) is 10.3.